The molecule has 2 fully saturated rings. The van der Waals surface area contributed by atoms with Crippen LogP contribution in [0.3, 0.4) is 0 Å². The molecule has 0 unspecified atom stereocenters. The molecular weight excluding hydrogens is 500 g/mol. The molecule has 2 aliphatic heterocycles. The highest BCUT2D eigenvalue weighted by Crippen LogP contribution is 2.39. The highest BCUT2D eigenvalue weighted by Gasteiger charge is 2.54. The molecule has 0 radical (unpaired) electrons. The van der Waals surface area contributed by atoms with Gasteiger partial charge < -0.3 is 20.0 Å². The average molecular weight is 533 g/mol. The summed E-state index contributed by atoms with van der Waals surface area (Å²) in [5.74, 6) is -0.312. The van der Waals surface area contributed by atoms with E-state index in [0.717, 1.165) is 22.0 Å². The minimum Gasteiger partial charge on any atom is -0.339 e. The number of aryl methyl sites for hydroxylation is 1. The van der Waals surface area contributed by atoms with E-state index < -0.39 is 5.54 Å². The maximum atomic E-state index is 14.0. The van der Waals surface area contributed by atoms with Crippen molar-refractivity contribution in [2.45, 2.75) is 25.3 Å². The van der Waals surface area contributed by atoms with Crippen LogP contribution >= 0.6 is 0 Å². The first kappa shape index (κ1) is 25.6. The van der Waals surface area contributed by atoms with Gasteiger partial charge in [0.2, 0.25) is 5.91 Å². The standard InChI is InChI=1S/C33H32N4O3/c1-24-8-7-11-28(20-24)34-30(38)22-36-23-37(29-12-3-2-4-13-29)33(32(36)40)16-18-35(19-17-33)31(39)27-15-14-25-9-5-6-10-26(25)21-27/h2-15,20-21H,16-19,22-23H2,1H3,(H,34,38). The zero-order valence-electron chi connectivity index (χ0n) is 22.5. The number of para-hydroxylation sites is 1. The van der Waals surface area contributed by atoms with Crippen LogP contribution < -0.4 is 10.2 Å². The van der Waals surface area contributed by atoms with Gasteiger partial charge in [-0.1, -0.05) is 60.7 Å². The summed E-state index contributed by atoms with van der Waals surface area (Å²) in [7, 11) is 0. The van der Waals surface area contributed by atoms with Gasteiger partial charge in [-0.15, -0.1) is 0 Å². The number of carbonyl (C=O) groups is 3. The Bertz CT molecular complexity index is 1580. The lowest BCUT2D eigenvalue weighted by molar-refractivity contribution is -0.136. The molecule has 0 aliphatic carbocycles. The van der Waals surface area contributed by atoms with Crippen molar-refractivity contribution < 1.29 is 14.4 Å². The van der Waals surface area contributed by atoms with Crippen molar-refractivity contribution in [2.24, 2.45) is 0 Å². The second kappa shape index (κ2) is 10.5. The zero-order valence-corrected chi connectivity index (χ0v) is 22.5. The molecule has 3 amide bonds. The Morgan fingerprint density at radius 1 is 0.825 bits per heavy atom. The minimum atomic E-state index is -0.800. The summed E-state index contributed by atoms with van der Waals surface area (Å²) in [6.45, 7) is 3.19. The molecule has 0 saturated carbocycles. The van der Waals surface area contributed by atoms with Crippen LogP contribution in [0.5, 0.6) is 0 Å². The molecule has 0 bridgehead atoms. The number of piperidine rings is 1. The van der Waals surface area contributed by atoms with Gasteiger partial charge in [0.15, 0.2) is 0 Å². The molecule has 7 nitrogen and oxygen atoms in total. The number of likely N-dealkylation sites (tertiary alicyclic amines) is 1. The number of hydrogen-bond acceptors (Lipinski definition) is 4. The van der Waals surface area contributed by atoms with Crippen molar-refractivity contribution in [1.29, 1.82) is 0 Å². The topological polar surface area (TPSA) is 73.0 Å². The maximum Gasteiger partial charge on any atom is 0.253 e. The number of nitrogens with zero attached hydrogens (tertiary/aromatic N) is 3. The Morgan fingerprint density at radius 2 is 1.55 bits per heavy atom. The molecule has 2 heterocycles. The molecule has 4 aromatic rings. The number of benzene rings is 4. The van der Waals surface area contributed by atoms with Crippen molar-refractivity contribution in [2.75, 3.05) is 36.5 Å². The second-order valence-electron chi connectivity index (χ2n) is 10.7. The van der Waals surface area contributed by atoms with Crippen molar-refractivity contribution in [3.63, 3.8) is 0 Å². The Labute approximate surface area is 234 Å². The summed E-state index contributed by atoms with van der Waals surface area (Å²) in [5, 5.41) is 5.05. The number of carbonyl (C=O) groups excluding carboxylic acids is 3. The quantitative estimate of drug-likeness (QED) is 0.390. The number of hydrogen-bond donors (Lipinski definition) is 1. The van der Waals surface area contributed by atoms with E-state index in [2.05, 4.69) is 10.2 Å². The van der Waals surface area contributed by atoms with Gasteiger partial charge in [0.05, 0.1) is 6.67 Å². The molecule has 6 rings (SSSR count). The lowest BCUT2D eigenvalue weighted by Crippen LogP contribution is -2.57. The fourth-order valence-corrected chi connectivity index (χ4v) is 6.00. The molecule has 4 aromatic carbocycles. The third-order valence-corrected chi connectivity index (χ3v) is 8.09. The molecule has 1 N–H and O–H groups in total. The number of fused-ring (bicyclic) bond motifs is 1. The second-order valence-corrected chi connectivity index (χ2v) is 10.7. The number of anilines is 2. The van der Waals surface area contributed by atoms with Crippen LogP contribution in [-0.4, -0.2) is 59.4 Å². The Hall–Kier alpha value is -4.65. The first-order valence-electron chi connectivity index (χ1n) is 13.7. The molecule has 2 saturated heterocycles. The first-order valence-corrected chi connectivity index (χ1v) is 13.7. The van der Waals surface area contributed by atoms with Gasteiger partial charge in [-0.3, -0.25) is 14.4 Å². The predicted molar refractivity (Wildman–Crippen MR) is 157 cm³/mol. The third kappa shape index (κ3) is 4.79. The van der Waals surface area contributed by atoms with Crippen LogP contribution in [0.15, 0.2) is 97.1 Å². The highest BCUT2D eigenvalue weighted by molar-refractivity contribution is 6.01. The Kier molecular flexibility index (Phi) is 6.72. The molecular formula is C33H32N4O3. The van der Waals surface area contributed by atoms with Gasteiger partial charge in [0, 0.05) is 30.0 Å². The highest BCUT2D eigenvalue weighted by atomic mass is 16.2. The van der Waals surface area contributed by atoms with E-state index in [1.54, 1.807) is 4.90 Å². The van der Waals surface area contributed by atoms with E-state index in [-0.39, 0.29) is 24.3 Å². The molecule has 7 heteroatoms. The summed E-state index contributed by atoms with van der Waals surface area (Å²) in [6, 6.07) is 31.3. The number of rotatable bonds is 5. The fourth-order valence-electron chi connectivity index (χ4n) is 6.00. The van der Waals surface area contributed by atoms with E-state index in [1.807, 2.05) is 109 Å². The van der Waals surface area contributed by atoms with Gasteiger partial charge >= 0.3 is 0 Å². The van der Waals surface area contributed by atoms with Crippen LogP contribution in [0, 0.1) is 6.92 Å². The lowest BCUT2D eigenvalue weighted by atomic mass is 9.85. The smallest absolute Gasteiger partial charge is 0.253 e. The Balaban J connectivity index is 1.20. The average Bonchev–Trinajstić information content (AvgIpc) is 3.23. The van der Waals surface area contributed by atoms with E-state index in [4.69, 9.17) is 0 Å². The molecule has 2 aliphatic rings. The largest absolute Gasteiger partial charge is 0.339 e. The maximum absolute atomic E-state index is 14.0. The van der Waals surface area contributed by atoms with Crippen LogP contribution in [0.4, 0.5) is 11.4 Å². The van der Waals surface area contributed by atoms with Crippen molar-refractivity contribution in [1.82, 2.24) is 9.80 Å². The number of amides is 3. The molecule has 1 spiro atoms. The van der Waals surface area contributed by atoms with Gasteiger partial charge in [-0.05, 0) is 72.5 Å². The SMILES string of the molecule is Cc1cccc(NC(=O)CN2CN(c3ccccc3)C3(CCN(C(=O)c4ccc5ccccc5c4)CC3)C2=O)c1. The molecule has 202 valence electrons. The van der Waals surface area contributed by atoms with Gasteiger partial charge in [-0.25, -0.2) is 0 Å². The van der Waals surface area contributed by atoms with E-state index in [9.17, 15) is 14.4 Å². The van der Waals surface area contributed by atoms with Crippen molar-refractivity contribution in [3.05, 3.63) is 108 Å². The van der Waals surface area contributed by atoms with E-state index in [0.29, 0.717) is 43.9 Å². The van der Waals surface area contributed by atoms with Gasteiger partial charge in [0.25, 0.3) is 11.8 Å². The Morgan fingerprint density at radius 3 is 2.30 bits per heavy atom. The van der Waals surface area contributed by atoms with Crippen LogP contribution in [0.2, 0.25) is 0 Å². The number of nitrogens with one attached hydrogen (secondary N) is 1. The molecule has 0 aromatic heterocycles. The van der Waals surface area contributed by atoms with E-state index in [1.165, 1.54) is 0 Å². The van der Waals surface area contributed by atoms with Crippen molar-refractivity contribution in [3.8, 4) is 0 Å². The minimum absolute atomic E-state index is 0.0216. The summed E-state index contributed by atoms with van der Waals surface area (Å²) in [5.41, 5.74) is 2.56. The van der Waals surface area contributed by atoms with Gasteiger partial charge in [-0.2, -0.15) is 0 Å². The van der Waals surface area contributed by atoms with Crippen LogP contribution in [0.25, 0.3) is 10.8 Å². The summed E-state index contributed by atoms with van der Waals surface area (Å²) in [4.78, 5) is 46.0. The summed E-state index contributed by atoms with van der Waals surface area (Å²) in [6.07, 6.45) is 0.992. The van der Waals surface area contributed by atoms with Crippen LogP contribution in [0.1, 0.15) is 28.8 Å². The van der Waals surface area contributed by atoms with Crippen LogP contribution in [-0.2, 0) is 9.59 Å². The monoisotopic (exact) mass is 532 g/mol. The predicted octanol–water partition coefficient (Wildman–Crippen LogP) is 5.07. The third-order valence-electron chi connectivity index (χ3n) is 8.09. The molecule has 40 heavy (non-hydrogen) atoms. The van der Waals surface area contributed by atoms with E-state index >= 15 is 0 Å². The lowest BCUT2D eigenvalue weighted by Gasteiger charge is -2.43. The zero-order chi connectivity index (χ0) is 27.7. The van der Waals surface area contributed by atoms with Gasteiger partial charge in [0.1, 0.15) is 12.1 Å². The fraction of sp³-hybridized carbons (Fsp3) is 0.242. The first-order chi connectivity index (χ1) is 19.4. The van der Waals surface area contributed by atoms with Crippen molar-refractivity contribution >= 4 is 39.9 Å². The summed E-state index contributed by atoms with van der Waals surface area (Å²) < 4.78 is 0. The molecule has 0 atom stereocenters. The summed E-state index contributed by atoms with van der Waals surface area (Å²) >= 11 is 0. The normalized spacial score (nSPS) is 16.5.